The highest BCUT2D eigenvalue weighted by molar-refractivity contribution is 7.94. The highest BCUT2D eigenvalue weighted by Crippen LogP contribution is 2.37. The van der Waals surface area contributed by atoms with E-state index in [1.54, 1.807) is 0 Å². The minimum Gasteiger partial charge on any atom is -0.264 e. The number of benzene rings is 1. The van der Waals surface area contributed by atoms with Crippen molar-refractivity contribution in [2.45, 2.75) is 0 Å². The van der Waals surface area contributed by atoms with Crippen LogP contribution in [0.15, 0.2) is 18.2 Å². The van der Waals surface area contributed by atoms with Gasteiger partial charge in [-0.15, -0.1) is 0 Å². The summed E-state index contributed by atoms with van der Waals surface area (Å²) in [6.45, 7) is 0. The van der Waals surface area contributed by atoms with Gasteiger partial charge in [-0.25, -0.2) is 0 Å². The zero-order valence-corrected chi connectivity index (χ0v) is 7.54. The summed E-state index contributed by atoms with van der Waals surface area (Å²) in [4.78, 5) is 9.87. The van der Waals surface area contributed by atoms with Gasteiger partial charge in [-0.2, -0.15) is 8.42 Å². The molecule has 14 heavy (non-hydrogen) atoms. The molecule has 1 aromatic rings. The molecule has 0 fully saturated rings. The molecular weight excluding hydrogens is 210 g/mol. The first kappa shape index (κ1) is 8.75. The zero-order valence-electron chi connectivity index (χ0n) is 6.72. The van der Waals surface area contributed by atoms with Gasteiger partial charge >= 0.3 is 10.2 Å². The van der Waals surface area contributed by atoms with Crippen molar-refractivity contribution < 1.29 is 13.3 Å². The molecule has 0 atom stereocenters. The minimum atomic E-state index is -3.67. The van der Waals surface area contributed by atoms with E-state index in [9.17, 15) is 18.5 Å². The molecule has 0 unspecified atom stereocenters. The molecule has 7 nitrogen and oxygen atoms in total. The molecule has 0 saturated carbocycles. The number of nitrogens with zero attached hydrogens (tertiary/aromatic N) is 1. The highest BCUT2D eigenvalue weighted by Gasteiger charge is 2.29. The van der Waals surface area contributed by atoms with Gasteiger partial charge in [-0.3, -0.25) is 19.6 Å². The Morgan fingerprint density at radius 1 is 1.29 bits per heavy atom. The van der Waals surface area contributed by atoms with Gasteiger partial charge in [0.25, 0.3) is 5.69 Å². The standard InChI is InChI=1S/C6H5N3O4S/c10-9(11)5-3-1-2-4-6(5)8-14(12,13)7-4/h1-3,7-8H. The summed E-state index contributed by atoms with van der Waals surface area (Å²) in [5, 5.41) is 10.5. The van der Waals surface area contributed by atoms with E-state index in [-0.39, 0.29) is 17.1 Å². The predicted molar refractivity (Wildman–Crippen MR) is 49.3 cm³/mol. The molecule has 8 heteroatoms. The number of hydrogen-bond acceptors (Lipinski definition) is 4. The average molecular weight is 215 g/mol. The molecule has 2 rings (SSSR count). The van der Waals surface area contributed by atoms with Crippen molar-refractivity contribution in [2.75, 3.05) is 9.44 Å². The molecule has 0 saturated heterocycles. The first-order chi connectivity index (χ1) is 6.49. The van der Waals surface area contributed by atoms with Gasteiger partial charge in [0.05, 0.1) is 10.6 Å². The van der Waals surface area contributed by atoms with Gasteiger partial charge in [0.1, 0.15) is 0 Å². The first-order valence-electron chi connectivity index (χ1n) is 3.57. The molecule has 0 bridgehead atoms. The van der Waals surface area contributed by atoms with Crippen molar-refractivity contribution in [3.8, 4) is 0 Å². The third-order valence-electron chi connectivity index (χ3n) is 1.72. The maximum Gasteiger partial charge on any atom is 0.321 e. The number of para-hydroxylation sites is 1. The first-order valence-corrected chi connectivity index (χ1v) is 5.06. The molecule has 0 aromatic heterocycles. The summed E-state index contributed by atoms with van der Waals surface area (Å²) in [5.74, 6) is 0. The Balaban J connectivity index is 2.63. The van der Waals surface area contributed by atoms with Crippen LogP contribution in [0.1, 0.15) is 0 Å². The monoisotopic (exact) mass is 215 g/mol. The molecule has 2 N–H and O–H groups in total. The Labute approximate surface area is 79.1 Å². The fraction of sp³-hybridized carbons (Fsp3) is 0. The number of rotatable bonds is 1. The van der Waals surface area contributed by atoms with Gasteiger partial charge in [0.2, 0.25) is 0 Å². The summed E-state index contributed by atoms with van der Waals surface area (Å²) in [6, 6.07) is 4.08. The normalized spacial score (nSPS) is 16.6. The summed E-state index contributed by atoms with van der Waals surface area (Å²) in [6.07, 6.45) is 0. The lowest BCUT2D eigenvalue weighted by atomic mass is 10.2. The van der Waals surface area contributed by atoms with E-state index in [2.05, 4.69) is 4.72 Å². The zero-order chi connectivity index (χ0) is 10.3. The van der Waals surface area contributed by atoms with E-state index in [4.69, 9.17) is 0 Å². The predicted octanol–water partition coefficient (Wildman–Crippen LogP) is 0.677. The fourth-order valence-corrected chi connectivity index (χ4v) is 2.18. The molecular formula is C6H5N3O4S. The molecule has 1 aliphatic rings. The van der Waals surface area contributed by atoms with Gasteiger partial charge in [0, 0.05) is 6.07 Å². The number of nitro groups is 1. The Morgan fingerprint density at radius 2 is 2.00 bits per heavy atom. The fourth-order valence-electron chi connectivity index (χ4n) is 1.19. The van der Waals surface area contributed by atoms with E-state index in [0.29, 0.717) is 0 Å². The molecule has 0 spiro atoms. The number of hydrogen-bond donors (Lipinski definition) is 2. The van der Waals surface area contributed by atoms with Gasteiger partial charge in [-0.1, -0.05) is 6.07 Å². The Kier molecular flexibility index (Phi) is 1.61. The lowest BCUT2D eigenvalue weighted by molar-refractivity contribution is -0.383. The summed E-state index contributed by atoms with van der Waals surface area (Å²) in [7, 11) is -3.67. The number of nitrogens with one attached hydrogen (secondary N) is 2. The number of nitro benzene ring substituents is 1. The van der Waals surface area contributed by atoms with Crippen LogP contribution >= 0.6 is 0 Å². The molecule has 0 radical (unpaired) electrons. The van der Waals surface area contributed by atoms with Crippen LogP contribution in [0.25, 0.3) is 0 Å². The molecule has 0 aliphatic carbocycles. The van der Waals surface area contributed by atoms with Crippen LogP contribution in [0.3, 0.4) is 0 Å². The second kappa shape index (κ2) is 2.58. The smallest absolute Gasteiger partial charge is 0.264 e. The van der Waals surface area contributed by atoms with Gasteiger partial charge in [0.15, 0.2) is 5.69 Å². The Morgan fingerprint density at radius 3 is 2.64 bits per heavy atom. The van der Waals surface area contributed by atoms with E-state index in [0.717, 1.165) is 0 Å². The maximum absolute atomic E-state index is 11.0. The van der Waals surface area contributed by atoms with Crippen molar-refractivity contribution >= 4 is 27.3 Å². The van der Waals surface area contributed by atoms with E-state index in [1.165, 1.54) is 18.2 Å². The molecule has 1 heterocycles. The third-order valence-corrected chi connectivity index (χ3v) is 2.68. The van der Waals surface area contributed by atoms with Crippen LogP contribution in [-0.4, -0.2) is 13.3 Å². The van der Waals surface area contributed by atoms with Crippen LogP contribution in [-0.2, 0) is 10.2 Å². The summed E-state index contributed by atoms with van der Waals surface area (Å²) >= 11 is 0. The second-order valence-electron chi connectivity index (χ2n) is 2.66. The SMILES string of the molecule is O=[N+]([O-])c1cccc2c1NS(=O)(=O)N2. The van der Waals surface area contributed by atoms with Crippen LogP contribution in [0.5, 0.6) is 0 Å². The van der Waals surface area contributed by atoms with Crippen molar-refractivity contribution in [3.05, 3.63) is 28.3 Å². The average Bonchev–Trinajstić information content (AvgIpc) is 2.36. The van der Waals surface area contributed by atoms with Crippen molar-refractivity contribution in [2.24, 2.45) is 0 Å². The molecule has 1 aromatic carbocycles. The van der Waals surface area contributed by atoms with Crippen molar-refractivity contribution in [1.82, 2.24) is 0 Å². The molecule has 0 amide bonds. The lowest BCUT2D eigenvalue weighted by Crippen LogP contribution is -2.13. The minimum absolute atomic E-state index is 0.0162. The van der Waals surface area contributed by atoms with Gasteiger partial charge < -0.3 is 0 Å². The van der Waals surface area contributed by atoms with E-state index >= 15 is 0 Å². The van der Waals surface area contributed by atoms with Crippen LogP contribution in [0, 0.1) is 10.1 Å². The van der Waals surface area contributed by atoms with E-state index < -0.39 is 15.1 Å². The molecule has 1 aliphatic heterocycles. The lowest BCUT2D eigenvalue weighted by Gasteiger charge is -1.96. The summed E-state index contributed by atoms with van der Waals surface area (Å²) < 4.78 is 26.2. The maximum atomic E-state index is 11.0. The number of anilines is 2. The third kappa shape index (κ3) is 1.25. The largest absolute Gasteiger partial charge is 0.321 e. The highest BCUT2D eigenvalue weighted by atomic mass is 32.2. The van der Waals surface area contributed by atoms with Crippen LogP contribution in [0.4, 0.5) is 17.1 Å². The number of fused-ring (bicyclic) bond motifs is 1. The Bertz CT molecular complexity index is 510. The molecule has 74 valence electrons. The van der Waals surface area contributed by atoms with Crippen molar-refractivity contribution in [3.63, 3.8) is 0 Å². The van der Waals surface area contributed by atoms with Crippen LogP contribution in [0.2, 0.25) is 0 Å². The van der Waals surface area contributed by atoms with Crippen LogP contribution < -0.4 is 9.44 Å². The topological polar surface area (TPSA) is 101 Å². The Hall–Kier alpha value is -1.83. The van der Waals surface area contributed by atoms with E-state index in [1.807, 2.05) is 4.72 Å². The second-order valence-corrected chi connectivity index (χ2v) is 4.08. The quantitative estimate of drug-likeness (QED) is 0.531. The summed E-state index contributed by atoms with van der Waals surface area (Å²) in [5.41, 5.74) is -0.0900. The van der Waals surface area contributed by atoms with Gasteiger partial charge in [-0.05, 0) is 6.07 Å². The van der Waals surface area contributed by atoms with Crippen molar-refractivity contribution in [1.29, 1.82) is 0 Å².